The van der Waals surface area contributed by atoms with Gasteiger partial charge in [-0.3, -0.25) is 9.69 Å². The molecule has 0 amide bonds. The third-order valence-electron chi connectivity index (χ3n) is 3.73. The van der Waals surface area contributed by atoms with Gasteiger partial charge >= 0.3 is 5.97 Å². The van der Waals surface area contributed by atoms with Crippen molar-refractivity contribution in [2.45, 2.75) is 39.3 Å². The smallest absolute Gasteiger partial charge is 0.320 e. The van der Waals surface area contributed by atoms with Crippen LogP contribution in [0.15, 0.2) is 24.3 Å². The van der Waals surface area contributed by atoms with E-state index in [1.807, 2.05) is 26.8 Å². The molecule has 1 aliphatic rings. The first kappa shape index (κ1) is 14.1. The van der Waals surface area contributed by atoms with Crippen LogP contribution in [0, 0.1) is 0 Å². The number of nitrogens with one attached hydrogen (secondary N) is 1. The van der Waals surface area contributed by atoms with E-state index < -0.39 is 5.60 Å². The maximum atomic E-state index is 11.9. The van der Waals surface area contributed by atoms with E-state index in [0.717, 1.165) is 19.5 Å². The van der Waals surface area contributed by atoms with Gasteiger partial charge in [0.1, 0.15) is 5.60 Å². The number of hydrogen-bond acceptors (Lipinski definition) is 3. The Morgan fingerprint density at radius 2 is 2.10 bits per heavy atom. The number of aromatic nitrogens is 1. The monoisotopic (exact) mass is 286 g/mol. The highest BCUT2D eigenvalue weighted by Crippen LogP contribution is 2.27. The van der Waals surface area contributed by atoms with E-state index in [1.165, 1.54) is 22.2 Å². The van der Waals surface area contributed by atoms with E-state index in [9.17, 15) is 4.79 Å². The molecule has 0 unspecified atom stereocenters. The second kappa shape index (κ2) is 5.19. The van der Waals surface area contributed by atoms with Crippen LogP contribution in [0.1, 0.15) is 32.0 Å². The molecule has 0 atom stereocenters. The number of nitrogens with zero attached hydrogens (tertiary/aromatic N) is 1. The topological polar surface area (TPSA) is 45.3 Å². The molecule has 3 rings (SSSR count). The van der Waals surface area contributed by atoms with Gasteiger partial charge in [0, 0.05) is 29.7 Å². The summed E-state index contributed by atoms with van der Waals surface area (Å²) in [5.41, 5.74) is 3.39. The van der Waals surface area contributed by atoms with Crippen LogP contribution in [0.3, 0.4) is 0 Å². The van der Waals surface area contributed by atoms with E-state index >= 15 is 0 Å². The van der Waals surface area contributed by atoms with Gasteiger partial charge in [0.25, 0.3) is 0 Å². The van der Waals surface area contributed by atoms with E-state index in [1.54, 1.807) is 0 Å². The number of rotatable bonds is 2. The summed E-state index contributed by atoms with van der Waals surface area (Å²) in [7, 11) is 0. The van der Waals surface area contributed by atoms with Crippen LogP contribution < -0.4 is 0 Å². The third kappa shape index (κ3) is 3.10. The van der Waals surface area contributed by atoms with Crippen LogP contribution >= 0.6 is 0 Å². The number of aromatic amines is 1. The van der Waals surface area contributed by atoms with Crippen molar-refractivity contribution in [3.05, 3.63) is 35.5 Å². The lowest BCUT2D eigenvalue weighted by Gasteiger charge is -2.27. The number of benzene rings is 1. The normalized spacial score (nSPS) is 16.0. The van der Waals surface area contributed by atoms with Crippen molar-refractivity contribution >= 4 is 16.9 Å². The van der Waals surface area contributed by atoms with Gasteiger partial charge in [-0.1, -0.05) is 18.2 Å². The largest absolute Gasteiger partial charge is 0.459 e. The molecule has 1 N–H and O–H groups in total. The predicted molar refractivity (Wildman–Crippen MR) is 83.1 cm³/mol. The number of para-hydroxylation sites is 1. The van der Waals surface area contributed by atoms with Gasteiger partial charge in [-0.25, -0.2) is 0 Å². The van der Waals surface area contributed by atoms with Gasteiger partial charge in [-0.05, 0) is 38.8 Å². The van der Waals surface area contributed by atoms with Crippen molar-refractivity contribution in [1.82, 2.24) is 9.88 Å². The van der Waals surface area contributed by atoms with Crippen LogP contribution in [-0.2, 0) is 22.5 Å². The summed E-state index contributed by atoms with van der Waals surface area (Å²) in [6, 6.07) is 8.38. The van der Waals surface area contributed by atoms with Crippen molar-refractivity contribution in [3.63, 3.8) is 0 Å². The zero-order chi connectivity index (χ0) is 15.0. The highest BCUT2D eigenvalue weighted by molar-refractivity contribution is 5.84. The molecule has 0 saturated carbocycles. The number of H-pyrrole nitrogens is 1. The minimum Gasteiger partial charge on any atom is -0.459 e. The van der Waals surface area contributed by atoms with Crippen molar-refractivity contribution < 1.29 is 9.53 Å². The van der Waals surface area contributed by atoms with Crippen molar-refractivity contribution in [1.29, 1.82) is 0 Å². The van der Waals surface area contributed by atoms with Gasteiger partial charge in [0.05, 0.1) is 6.54 Å². The molecule has 112 valence electrons. The highest BCUT2D eigenvalue weighted by Gasteiger charge is 2.24. The molecule has 0 radical (unpaired) electrons. The maximum absolute atomic E-state index is 11.9. The fourth-order valence-corrected chi connectivity index (χ4v) is 2.94. The first-order chi connectivity index (χ1) is 9.92. The number of carbonyl (C=O) groups excluding carboxylic acids is 1. The second-order valence-electron chi connectivity index (χ2n) is 6.67. The van der Waals surface area contributed by atoms with Crippen molar-refractivity contribution in [2.75, 3.05) is 13.1 Å². The Hall–Kier alpha value is -1.81. The molecular formula is C17H22N2O2. The quantitative estimate of drug-likeness (QED) is 0.863. The van der Waals surface area contributed by atoms with E-state index in [2.05, 4.69) is 28.1 Å². The molecule has 4 heteroatoms. The third-order valence-corrected chi connectivity index (χ3v) is 3.73. The lowest BCUT2D eigenvalue weighted by atomic mass is 10.0. The molecule has 0 aliphatic carbocycles. The van der Waals surface area contributed by atoms with Crippen molar-refractivity contribution in [2.24, 2.45) is 0 Å². The van der Waals surface area contributed by atoms with Gasteiger partial charge in [-0.2, -0.15) is 0 Å². The molecule has 21 heavy (non-hydrogen) atoms. The summed E-state index contributed by atoms with van der Waals surface area (Å²) in [4.78, 5) is 17.6. The Morgan fingerprint density at radius 3 is 2.86 bits per heavy atom. The molecule has 2 aromatic rings. The van der Waals surface area contributed by atoms with Gasteiger partial charge < -0.3 is 9.72 Å². The first-order valence-electron chi connectivity index (χ1n) is 7.45. The molecule has 1 aromatic heterocycles. The number of carbonyl (C=O) groups is 1. The van der Waals surface area contributed by atoms with E-state index in [0.29, 0.717) is 6.54 Å². The zero-order valence-corrected chi connectivity index (χ0v) is 12.9. The van der Waals surface area contributed by atoms with Gasteiger partial charge in [0.2, 0.25) is 0 Å². The predicted octanol–water partition coefficient (Wildman–Crippen LogP) is 2.87. The Morgan fingerprint density at radius 1 is 1.33 bits per heavy atom. The fourth-order valence-electron chi connectivity index (χ4n) is 2.94. The molecule has 0 spiro atoms. The first-order valence-corrected chi connectivity index (χ1v) is 7.45. The Balaban J connectivity index is 1.71. The van der Waals surface area contributed by atoms with Crippen molar-refractivity contribution in [3.8, 4) is 0 Å². The molecular weight excluding hydrogens is 264 g/mol. The average Bonchev–Trinajstić information content (AvgIpc) is 2.73. The van der Waals surface area contributed by atoms with Gasteiger partial charge in [-0.15, -0.1) is 0 Å². The number of esters is 1. The average molecular weight is 286 g/mol. The molecule has 1 aliphatic heterocycles. The fraction of sp³-hybridized carbons (Fsp3) is 0.471. The number of hydrogen-bond donors (Lipinski definition) is 1. The lowest BCUT2D eigenvalue weighted by molar-refractivity contribution is -0.156. The Bertz CT molecular complexity index is 667. The molecule has 4 nitrogen and oxygen atoms in total. The summed E-state index contributed by atoms with van der Waals surface area (Å²) < 4.78 is 5.40. The van der Waals surface area contributed by atoms with E-state index in [4.69, 9.17) is 4.74 Å². The molecule has 0 bridgehead atoms. The van der Waals surface area contributed by atoms with Gasteiger partial charge in [0.15, 0.2) is 0 Å². The standard InChI is InChI=1S/C17H22N2O2/c1-17(2,3)21-16(20)11-19-9-8-13-12-6-4-5-7-14(12)18-15(13)10-19/h4-7,18H,8-11H2,1-3H3. The SMILES string of the molecule is CC(C)(C)OC(=O)CN1CCc2c([nH]c3ccccc23)C1. The molecule has 0 fully saturated rings. The second-order valence-corrected chi connectivity index (χ2v) is 6.67. The van der Waals surface area contributed by atoms with Crippen LogP contribution in [0.2, 0.25) is 0 Å². The van der Waals surface area contributed by atoms with Crippen LogP contribution in [-0.4, -0.2) is 34.5 Å². The van der Waals surface area contributed by atoms with Crippen LogP contribution in [0.4, 0.5) is 0 Å². The lowest BCUT2D eigenvalue weighted by Crippen LogP contribution is -2.37. The Kier molecular flexibility index (Phi) is 3.49. The highest BCUT2D eigenvalue weighted by atomic mass is 16.6. The minimum atomic E-state index is -0.418. The summed E-state index contributed by atoms with van der Waals surface area (Å²) in [6.45, 7) is 7.73. The maximum Gasteiger partial charge on any atom is 0.320 e. The minimum absolute atomic E-state index is 0.151. The summed E-state index contributed by atoms with van der Waals surface area (Å²) in [6.07, 6.45) is 0.974. The molecule has 0 saturated heterocycles. The number of fused-ring (bicyclic) bond motifs is 3. The Labute approximate surface area is 125 Å². The summed E-state index contributed by atoms with van der Waals surface area (Å²) >= 11 is 0. The molecule has 1 aromatic carbocycles. The van der Waals surface area contributed by atoms with E-state index in [-0.39, 0.29) is 5.97 Å². The molecule has 2 heterocycles. The summed E-state index contributed by atoms with van der Waals surface area (Å²) in [5, 5.41) is 1.31. The van der Waals surface area contributed by atoms with Crippen LogP contribution in [0.25, 0.3) is 10.9 Å². The van der Waals surface area contributed by atoms with Crippen LogP contribution in [0.5, 0.6) is 0 Å². The summed E-state index contributed by atoms with van der Waals surface area (Å²) in [5.74, 6) is -0.151. The zero-order valence-electron chi connectivity index (χ0n) is 12.9. The number of ether oxygens (including phenoxy) is 1.